The lowest BCUT2D eigenvalue weighted by atomic mass is 9.94. The number of furan rings is 1. The molecule has 0 radical (unpaired) electrons. The molecule has 0 atom stereocenters. The van der Waals surface area contributed by atoms with E-state index in [0.717, 1.165) is 49.8 Å². The van der Waals surface area contributed by atoms with Crippen molar-refractivity contribution < 1.29 is 4.42 Å². The minimum absolute atomic E-state index is 0.914. The summed E-state index contributed by atoms with van der Waals surface area (Å²) in [4.78, 5) is 5.23. The van der Waals surface area contributed by atoms with E-state index in [1.54, 1.807) is 0 Å². The van der Waals surface area contributed by atoms with Crippen LogP contribution in [0.4, 0.5) is 0 Å². The van der Waals surface area contributed by atoms with Gasteiger partial charge in [-0.05, 0) is 68.7 Å². The third-order valence-electron chi connectivity index (χ3n) is 8.86. The van der Waals surface area contributed by atoms with Crippen molar-refractivity contribution in [3.63, 3.8) is 0 Å². The average molecular weight is 574 g/mol. The molecule has 0 amide bonds. The highest BCUT2D eigenvalue weighted by Gasteiger charge is 2.14. The summed E-state index contributed by atoms with van der Waals surface area (Å²) in [7, 11) is 0. The molecule has 2 nitrogen and oxygen atoms in total. The first-order valence-electron chi connectivity index (χ1n) is 15.3. The Balaban J connectivity index is 1.16. The molecule has 45 heavy (non-hydrogen) atoms. The molecule has 0 aliphatic heterocycles. The van der Waals surface area contributed by atoms with Gasteiger partial charge in [-0.25, -0.2) is 4.98 Å². The zero-order valence-electron chi connectivity index (χ0n) is 24.4. The molecular formula is C43H27NO. The van der Waals surface area contributed by atoms with Crippen LogP contribution in [0.1, 0.15) is 0 Å². The lowest BCUT2D eigenvalue weighted by molar-refractivity contribution is 0.669. The van der Waals surface area contributed by atoms with Gasteiger partial charge in [-0.2, -0.15) is 0 Å². The molecule has 0 N–H and O–H groups in total. The minimum Gasteiger partial charge on any atom is -0.456 e. The first-order valence-corrected chi connectivity index (χ1v) is 15.3. The summed E-state index contributed by atoms with van der Waals surface area (Å²) in [6, 6.07) is 58.0. The molecule has 0 spiro atoms. The van der Waals surface area contributed by atoms with Crippen LogP contribution < -0.4 is 0 Å². The highest BCUT2D eigenvalue weighted by molar-refractivity contribution is 6.12. The normalized spacial score (nSPS) is 11.6. The third-order valence-corrected chi connectivity index (χ3v) is 8.86. The Kier molecular flexibility index (Phi) is 5.85. The number of rotatable bonds is 4. The number of fused-ring (bicyclic) bond motifs is 5. The van der Waals surface area contributed by atoms with E-state index >= 15 is 0 Å². The number of nitrogens with zero attached hydrogens (tertiary/aromatic N) is 1. The van der Waals surface area contributed by atoms with Crippen LogP contribution >= 0.6 is 0 Å². The van der Waals surface area contributed by atoms with Crippen LogP contribution in [0.5, 0.6) is 0 Å². The molecular weight excluding hydrogens is 546 g/mol. The Morgan fingerprint density at radius 2 is 1.07 bits per heavy atom. The van der Waals surface area contributed by atoms with E-state index in [1.807, 2.05) is 24.3 Å². The maximum atomic E-state index is 6.15. The Morgan fingerprint density at radius 3 is 1.96 bits per heavy atom. The number of para-hydroxylation sites is 1. The van der Waals surface area contributed by atoms with Crippen LogP contribution in [0.2, 0.25) is 0 Å². The van der Waals surface area contributed by atoms with Gasteiger partial charge in [0.05, 0.1) is 11.4 Å². The predicted octanol–water partition coefficient (Wildman–Crippen LogP) is 12.0. The number of hydrogen-bond acceptors (Lipinski definition) is 2. The standard InChI is InChI=1S/C43H27NO/c1-2-10-31(11-3-1)39-27-35-26-33(23-24-37(35)43(44-39)34-22-19-28-9-4-5-12-32(28)25-34)29-17-20-30(21-18-29)36-14-8-16-41-42(36)38-13-6-7-15-40(38)45-41/h1-27H. The zero-order chi connectivity index (χ0) is 29.7. The van der Waals surface area contributed by atoms with Gasteiger partial charge in [-0.3, -0.25) is 0 Å². The first-order chi connectivity index (χ1) is 22.3. The molecule has 2 heteroatoms. The molecule has 7 aromatic carbocycles. The van der Waals surface area contributed by atoms with Crippen molar-refractivity contribution in [1.82, 2.24) is 4.98 Å². The van der Waals surface area contributed by atoms with Crippen LogP contribution in [-0.4, -0.2) is 4.98 Å². The van der Waals surface area contributed by atoms with Crippen molar-refractivity contribution >= 4 is 43.5 Å². The number of pyridine rings is 1. The summed E-state index contributed by atoms with van der Waals surface area (Å²) in [5.41, 5.74) is 10.7. The highest BCUT2D eigenvalue weighted by Crippen LogP contribution is 2.38. The SMILES string of the molecule is c1ccc(-c2cc3cc(-c4ccc(-c5cccc6oc7ccccc7c56)cc4)ccc3c(-c3ccc4ccccc4c3)n2)cc1. The summed E-state index contributed by atoms with van der Waals surface area (Å²) in [5, 5.41) is 7.06. The summed E-state index contributed by atoms with van der Waals surface area (Å²) in [5.74, 6) is 0. The van der Waals surface area contributed by atoms with Crippen molar-refractivity contribution in [2.75, 3.05) is 0 Å². The van der Waals surface area contributed by atoms with Crippen LogP contribution in [0.25, 0.3) is 88.3 Å². The van der Waals surface area contributed by atoms with E-state index in [4.69, 9.17) is 9.40 Å². The van der Waals surface area contributed by atoms with Gasteiger partial charge < -0.3 is 4.42 Å². The third kappa shape index (κ3) is 4.39. The molecule has 0 fully saturated rings. The molecule has 0 saturated carbocycles. The molecule has 2 heterocycles. The van der Waals surface area contributed by atoms with E-state index < -0.39 is 0 Å². The Labute approximate surface area is 260 Å². The summed E-state index contributed by atoms with van der Waals surface area (Å²) in [6.07, 6.45) is 0. The molecule has 0 bridgehead atoms. The molecule has 0 aliphatic rings. The van der Waals surface area contributed by atoms with E-state index in [9.17, 15) is 0 Å². The second kappa shape index (κ2) is 10.3. The van der Waals surface area contributed by atoms with Crippen molar-refractivity contribution in [2.45, 2.75) is 0 Å². The lowest BCUT2D eigenvalue weighted by Gasteiger charge is -2.13. The van der Waals surface area contributed by atoms with Gasteiger partial charge >= 0.3 is 0 Å². The molecule has 9 rings (SSSR count). The fourth-order valence-electron chi connectivity index (χ4n) is 6.61. The first kappa shape index (κ1) is 25.5. The number of benzene rings is 7. The van der Waals surface area contributed by atoms with Crippen LogP contribution in [0.3, 0.4) is 0 Å². The smallest absolute Gasteiger partial charge is 0.136 e. The Hall–Kier alpha value is -5.99. The Bertz CT molecular complexity index is 2520. The molecule has 0 unspecified atom stereocenters. The quantitative estimate of drug-likeness (QED) is 0.209. The summed E-state index contributed by atoms with van der Waals surface area (Å²) >= 11 is 0. The number of aromatic nitrogens is 1. The van der Waals surface area contributed by atoms with Crippen LogP contribution in [0, 0.1) is 0 Å². The second-order valence-electron chi connectivity index (χ2n) is 11.6. The van der Waals surface area contributed by atoms with Gasteiger partial charge in [0, 0.05) is 27.3 Å². The Morgan fingerprint density at radius 1 is 0.378 bits per heavy atom. The summed E-state index contributed by atoms with van der Waals surface area (Å²) in [6.45, 7) is 0. The van der Waals surface area contributed by atoms with E-state index in [0.29, 0.717) is 0 Å². The second-order valence-corrected chi connectivity index (χ2v) is 11.6. The minimum atomic E-state index is 0.914. The van der Waals surface area contributed by atoms with Crippen molar-refractivity contribution in [3.05, 3.63) is 164 Å². The van der Waals surface area contributed by atoms with E-state index in [1.165, 1.54) is 38.4 Å². The van der Waals surface area contributed by atoms with Crippen LogP contribution in [0.15, 0.2) is 168 Å². The van der Waals surface area contributed by atoms with Gasteiger partial charge in [0.1, 0.15) is 11.2 Å². The van der Waals surface area contributed by atoms with Crippen molar-refractivity contribution in [2.24, 2.45) is 0 Å². The topological polar surface area (TPSA) is 26.0 Å². The number of hydrogen-bond donors (Lipinski definition) is 0. The lowest BCUT2D eigenvalue weighted by Crippen LogP contribution is -1.92. The zero-order valence-corrected chi connectivity index (χ0v) is 24.4. The summed E-state index contributed by atoms with van der Waals surface area (Å²) < 4.78 is 6.15. The fourth-order valence-corrected chi connectivity index (χ4v) is 6.61. The van der Waals surface area contributed by atoms with Gasteiger partial charge in [0.2, 0.25) is 0 Å². The highest BCUT2D eigenvalue weighted by atomic mass is 16.3. The van der Waals surface area contributed by atoms with Crippen LogP contribution in [-0.2, 0) is 0 Å². The largest absolute Gasteiger partial charge is 0.456 e. The molecule has 9 aromatic rings. The van der Waals surface area contributed by atoms with Gasteiger partial charge in [-0.15, -0.1) is 0 Å². The molecule has 0 aliphatic carbocycles. The van der Waals surface area contributed by atoms with Crippen molar-refractivity contribution in [3.8, 4) is 44.8 Å². The average Bonchev–Trinajstić information content (AvgIpc) is 3.50. The molecule has 210 valence electrons. The van der Waals surface area contributed by atoms with Gasteiger partial charge in [0.25, 0.3) is 0 Å². The van der Waals surface area contributed by atoms with E-state index in [-0.39, 0.29) is 0 Å². The monoisotopic (exact) mass is 573 g/mol. The predicted molar refractivity (Wildman–Crippen MR) is 188 cm³/mol. The maximum absolute atomic E-state index is 6.15. The fraction of sp³-hybridized carbons (Fsp3) is 0. The maximum Gasteiger partial charge on any atom is 0.136 e. The van der Waals surface area contributed by atoms with E-state index in [2.05, 4.69) is 140 Å². The van der Waals surface area contributed by atoms with Gasteiger partial charge in [0.15, 0.2) is 0 Å². The molecule has 2 aromatic heterocycles. The van der Waals surface area contributed by atoms with Crippen molar-refractivity contribution in [1.29, 1.82) is 0 Å². The molecule has 0 saturated heterocycles. The van der Waals surface area contributed by atoms with Gasteiger partial charge in [-0.1, -0.05) is 133 Å².